The molecule has 106 valence electrons. The highest BCUT2D eigenvalue weighted by Crippen LogP contribution is 2.29. The molecular formula is C15H20BrIO2. The van der Waals surface area contributed by atoms with E-state index in [0.29, 0.717) is 18.3 Å². The van der Waals surface area contributed by atoms with E-state index in [0.717, 1.165) is 21.7 Å². The van der Waals surface area contributed by atoms with Gasteiger partial charge in [0.1, 0.15) is 0 Å². The Bertz CT molecular complexity index is 386. The predicted molar refractivity (Wildman–Crippen MR) is 89.9 cm³/mol. The number of benzene rings is 1. The number of ether oxygens (including phenoxy) is 2. The lowest BCUT2D eigenvalue weighted by Crippen LogP contribution is -2.35. The van der Waals surface area contributed by atoms with Gasteiger partial charge in [-0.15, -0.1) is 0 Å². The van der Waals surface area contributed by atoms with Crippen LogP contribution in [-0.2, 0) is 9.47 Å². The Hall–Kier alpha value is 0.350. The molecule has 2 nitrogen and oxygen atoms in total. The highest BCUT2D eigenvalue weighted by atomic mass is 127. The van der Waals surface area contributed by atoms with Crippen LogP contribution >= 0.6 is 38.5 Å². The van der Waals surface area contributed by atoms with Crippen molar-refractivity contribution in [2.24, 2.45) is 0 Å². The molecule has 0 amide bonds. The number of halogens is 2. The molecule has 1 fully saturated rings. The third-order valence-corrected chi connectivity index (χ3v) is 4.72. The van der Waals surface area contributed by atoms with Crippen LogP contribution in [0.2, 0.25) is 0 Å². The first kappa shape index (κ1) is 15.7. The highest BCUT2D eigenvalue weighted by molar-refractivity contribution is 14.1. The molecule has 19 heavy (non-hydrogen) atoms. The molecule has 3 atom stereocenters. The smallest absolute Gasteiger partial charge is 0.0918 e. The first-order chi connectivity index (χ1) is 9.08. The molecule has 2 rings (SSSR count). The minimum absolute atomic E-state index is 0.177. The molecule has 1 saturated heterocycles. The van der Waals surface area contributed by atoms with Gasteiger partial charge in [-0.2, -0.15) is 0 Å². The third kappa shape index (κ3) is 4.69. The summed E-state index contributed by atoms with van der Waals surface area (Å²) in [7, 11) is 0. The Labute approximate surface area is 137 Å². The maximum Gasteiger partial charge on any atom is 0.0918 e. The van der Waals surface area contributed by atoms with Gasteiger partial charge in [0, 0.05) is 8.90 Å². The molecule has 0 N–H and O–H groups in total. The summed E-state index contributed by atoms with van der Waals surface area (Å²) in [6.07, 6.45) is 3.07. The zero-order chi connectivity index (χ0) is 13.8. The zero-order valence-electron chi connectivity index (χ0n) is 11.3. The number of hydrogen-bond acceptors (Lipinski definition) is 2. The van der Waals surface area contributed by atoms with Gasteiger partial charge in [-0.3, -0.25) is 0 Å². The van der Waals surface area contributed by atoms with Gasteiger partial charge in [-0.1, -0.05) is 50.7 Å². The monoisotopic (exact) mass is 438 g/mol. The Morgan fingerprint density at radius 3 is 2.37 bits per heavy atom. The normalized spacial score (nSPS) is 29.2. The Morgan fingerprint density at radius 2 is 1.84 bits per heavy atom. The van der Waals surface area contributed by atoms with Crippen molar-refractivity contribution >= 4 is 38.5 Å². The van der Waals surface area contributed by atoms with Crippen molar-refractivity contribution in [3.63, 3.8) is 0 Å². The molecular weight excluding hydrogens is 419 g/mol. The van der Waals surface area contributed by atoms with Crippen LogP contribution < -0.4 is 0 Å². The molecule has 1 heterocycles. The van der Waals surface area contributed by atoms with Crippen molar-refractivity contribution in [2.75, 3.05) is 4.43 Å². The fourth-order valence-corrected chi connectivity index (χ4v) is 3.55. The van der Waals surface area contributed by atoms with Crippen molar-refractivity contribution < 1.29 is 9.47 Å². The molecule has 0 aliphatic carbocycles. The van der Waals surface area contributed by atoms with Gasteiger partial charge in [-0.25, -0.2) is 0 Å². The van der Waals surface area contributed by atoms with Gasteiger partial charge >= 0.3 is 0 Å². The molecule has 0 bridgehead atoms. The fraction of sp³-hybridized carbons (Fsp3) is 0.600. The van der Waals surface area contributed by atoms with E-state index in [-0.39, 0.29) is 6.10 Å². The van der Waals surface area contributed by atoms with Crippen LogP contribution in [0.25, 0.3) is 0 Å². The number of hydrogen-bond donors (Lipinski definition) is 0. The van der Waals surface area contributed by atoms with Gasteiger partial charge < -0.3 is 9.47 Å². The van der Waals surface area contributed by atoms with E-state index in [1.54, 1.807) is 0 Å². The van der Waals surface area contributed by atoms with E-state index < -0.39 is 0 Å². The SMILES string of the molecule is CC1CC(OC(CI)c2ccc(Br)cc2)CC(C)O1. The quantitative estimate of drug-likeness (QED) is 0.491. The highest BCUT2D eigenvalue weighted by Gasteiger charge is 2.27. The Morgan fingerprint density at radius 1 is 1.26 bits per heavy atom. The van der Waals surface area contributed by atoms with Crippen LogP contribution in [0.5, 0.6) is 0 Å². The molecule has 0 radical (unpaired) electrons. The topological polar surface area (TPSA) is 18.5 Å². The molecule has 3 unspecified atom stereocenters. The Balaban J connectivity index is 2.00. The van der Waals surface area contributed by atoms with Crippen molar-refractivity contribution in [1.29, 1.82) is 0 Å². The lowest BCUT2D eigenvalue weighted by molar-refractivity contribution is -0.118. The van der Waals surface area contributed by atoms with Crippen LogP contribution in [-0.4, -0.2) is 22.7 Å². The minimum Gasteiger partial charge on any atom is -0.375 e. The Kier molecular flexibility index (Phi) is 6.11. The van der Waals surface area contributed by atoms with Crippen molar-refractivity contribution in [3.8, 4) is 0 Å². The number of alkyl halides is 1. The summed E-state index contributed by atoms with van der Waals surface area (Å²) in [5.41, 5.74) is 1.25. The van der Waals surface area contributed by atoms with Crippen LogP contribution in [0.3, 0.4) is 0 Å². The summed E-state index contributed by atoms with van der Waals surface area (Å²) in [4.78, 5) is 0. The van der Waals surface area contributed by atoms with E-state index in [2.05, 4.69) is 76.6 Å². The maximum atomic E-state index is 6.30. The van der Waals surface area contributed by atoms with Crippen molar-refractivity contribution in [3.05, 3.63) is 34.3 Å². The van der Waals surface area contributed by atoms with E-state index >= 15 is 0 Å². The molecule has 0 spiro atoms. The van der Waals surface area contributed by atoms with Gasteiger partial charge in [-0.05, 0) is 44.4 Å². The summed E-state index contributed by atoms with van der Waals surface area (Å²) in [6.45, 7) is 4.26. The van der Waals surface area contributed by atoms with Crippen molar-refractivity contribution in [2.45, 2.75) is 51.1 Å². The van der Waals surface area contributed by atoms with Crippen LogP contribution in [0, 0.1) is 0 Å². The van der Waals surface area contributed by atoms with Crippen LogP contribution in [0.1, 0.15) is 38.4 Å². The maximum absolute atomic E-state index is 6.30. The second kappa shape index (κ2) is 7.38. The first-order valence-corrected chi connectivity index (χ1v) is 9.02. The molecule has 0 aromatic heterocycles. The molecule has 1 aliphatic heterocycles. The van der Waals surface area contributed by atoms with Gasteiger partial charge in [0.25, 0.3) is 0 Å². The lowest BCUT2D eigenvalue weighted by Gasteiger charge is -2.34. The second-order valence-corrected chi connectivity index (χ2v) is 6.98. The zero-order valence-corrected chi connectivity index (χ0v) is 15.1. The molecule has 1 aromatic rings. The molecule has 1 aromatic carbocycles. The summed E-state index contributed by atoms with van der Waals surface area (Å²) in [6, 6.07) is 8.43. The standard InChI is InChI=1S/C15H20BrIO2/c1-10-7-14(8-11(2)18-10)19-15(9-17)12-3-5-13(16)6-4-12/h3-6,10-11,14-15H,7-9H2,1-2H3. The van der Waals surface area contributed by atoms with E-state index in [1.165, 1.54) is 5.56 Å². The first-order valence-electron chi connectivity index (χ1n) is 6.71. The number of rotatable bonds is 4. The van der Waals surface area contributed by atoms with E-state index in [4.69, 9.17) is 9.47 Å². The summed E-state index contributed by atoms with van der Waals surface area (Å²) in [5, 5.41) is 0. The third-order valence-electron chi connectivity index (χ3n) is 3.39. The minimum atomic E-state index is 0.177. The van der Waals surface area contributed by atoms with Gasteiger partial charge in [0.15, 0.2) is 0 Å². The van der Waals surface area contributed by atoms with Crippen LogP contribution in [0.4, 0.5) is 0 Å². The predicted octanol–water partition coefficient (Wildman–Crippen LogP) is 4.90. The van der Waals surface area contributed by atoms with Gasteiger partial charge in [0.2, 0.25) is 0 Å². The largest absolute Gasteiger partial charge is 0.375 e. The summed E-state index contributed by atoms with van der Waals surface area (Å²) >= 11 is 5.87. The average Bonchev–Trinajstić information content (AvgIpc) is 2.36. The average molecular weight is 439 g/mol. The van der Waals surface area contributed by atoms with Gasteiger partial charge in [0.05, 0.1) is 24.4 Å². The van der Waals surface area contributed by atoms with E-state index in [9.17, 15) is 0 Å². The molecule has 1 aliphatic rings. The molecule has 0 saturated carbocycles. The fourth-order valence-electron chi connectivity index (χ4n) is 2.57. The second-order valence-electron chi connectivity index (χ2n) is 5.18. The summed E-state index contributed by atoms with van der Waals surface area (Å²) < 4.78 is 14.1. The van der Waals surface area contributed by atoms with Crippen LogP contribution in [0.15, 0.2) is 28.7 Å². The van der Waals surface area contributed by atoms with E-state index in [1.807, 2.05) is 0 Å². The lowest BCUT2D eigenvalue weighted by atomic mass is 10.0. The van der Waals surface area contributed by atoms with Crippen molar-refractivity contribution in [1.82, 2.24) is 0 Å². The summed E-state index contributed by atoms with van der Waals surface area (Å²) in [5.74, 6) is 0. The molecule has 4 heteroatoms.